The molecule has 1 aromatic rings. The van der Waals surface area contributed by atoms with Crippen LogP contribution in [-0.4, -0.2) is 35.8 Å². The summed E-state index contributed by atoms with van der Waals surface area (Å²) in [7, 11) is 1.68. The zero-order valence-corrected chi connectivity index (χ0v) is 12.6. The van der Waals surface area contributed by atoms with Gasteiger partial charge in [0, 0.05) is 17.6 Å². The summed E-state index contributed by atoms with van der Waals surface area (Å²) in [6, 6.07) is 5.94. The van der Waals surface area contributed by atoms with Crippen LogP contribution in [0.4, 0.5) is 0 Å². The van der Waals surface area contributed by atoms with E-state index in [-0.39, 0.29) is 12.1 Å². The van der Waals surface area contributed by atoms with Crippen LogP contribution in [0, 0.1) is 11.8 Å². The van der Waals surface area contributed by atoms with Crippen LogP contribution in [0.2, 0.25) is 0 Å². The summed E-state index contributed by atoms with van der Waals surface area (Å²) in [6.07, 6.45) is 2.48. The Labute approximate surface area is 121 Å². The maximum Gasteiger partial charge on any atom is 0.119 e. The Morgan fingerprint density at radius 1 is 1.40 bits per heavy atom. The van der Waals surface area contributed by atoms with Crippen LogP contribution in [0.15, 0.2) is 18.2 Å². The van der Waals surface area contributed by atoms with Gasteiger partial charge in [-0.1, -0.05) is 11.8 Å². The van der Waals surface area contributed by atoms with E-state index in [0.717, 1.165) is 24.4 Å². The predicted octanol–water partition coefficient (Wildman–Crippen LogP) is 2.41. The van der Waals surface area contributed by atoms with Gasteiger partial charge in [0.25, 0.3) is 0 Å². The molecule has 108 valence electrons. The molecule has 1 N–H and O–H groups in total. The van der Waals surface area contributed by atoms with Gasteiger partial charge >= 0.3 is 0 Å². The van der Waals surface area contributed by atoms with Crippen LogP contribution >= 0.6 is 0 Å². The first-order chi connectivity index (χ1) is 9.56. The molecule has 0 spiro atoms. The highest BCUT2D eigenvalue weighted by atomic mass is 16.5. The molecule has 0 atom stereocenters. The molecule has 0 saturated carbocycles. The van der Waals surface area contributed by atoms with Gasteiger partial charge in [-0.15, -0.1) is 0 Å². The number of benzene rings is 1. The second-order valence-electron chi connectivity index (χ2n) is 5.82. The molecule has 0 amide bonds. The molecular weight excluding hydrogens is 250 g/mol. The van der Waals surface area contributed by atoms with Gasteiger partial charge in [0.05, 0.1) is 7.11 Å². The summed E-state index contributed by atoms with van der Waals surface area (Å²) in [6.45, 7) is 6.47. The minimum Gasteiger partial charge on any atom is -0.497 e. The fourth-order valence-electron chi connectivity index (χ4n) is 2.75. The van der Waals surface area contributed by atoms with E-state index in [0.29, 0.717) is 0 Å². The fraction of sp³-hybridized carbons (Fsp3) is 0.529. The minimum absolute atomic E-state index is 0.110. The van der Waals surface area contributed by atoms with Gasteiger partial charge in [-0.2, -0.15) is 0 Å². The molecule has 0 bridgehead atoms. The van der Waals surface area contributed by atoms with E-state index in [2.05, 4.69) is 36.7 Å². The number of aliphatic hydroxyl groups is 1. The number of hydrogen-bond acceptors (Lipinski definition) is 3. The smallest absolute Gasteiger partial charge is 0.119 e. The van der Waals surface area contributed by atoms with E-state index in [9.17, 15) is 0 Å². The Morgan fingerprint density at radius 3 is 2.80 bits per heavy atom. The van der Waals surface area contributed by atoms with E-state index in [1.165, 1.54) is 18.4 Å². The van der Waals surface area contributed by atoms with E-state index in [4.69, 9.17) is 9.84 Å². The molecule has 0 aliphatic carbocycles. The van der Waals surface area contributed by atoms with Crippen molar-refractivity contribution in [3.63, 3.8) is 0 Å². The molecule has 3 nitrogen and oxygen atoms in total. The summed E-state index contributed by atoms with van der Waals surface area (Å²) >= 11 is 0. The van der Waals surface area contributed by atoms with Crippen LogP contribution in [0.5, 0.6) is 5.75 Å². The molecule has 1 aliphatic heterocycles. The first-order valence-corrected chi connectivity index (χ1v) is 7.08. The van der Waals surface area contributed by atoms with Gasteiger partial charge in [-0.05, 0) is 57.0 Å². The Hall–Kier alpha value is -1.50. The Kier molecular flexibility index (Phi) is 4.69. The van der Waals surface area contributed by atoms with Crippen molar-refractivity contribution in [3.05, 3.63) is 29.3 Å². The van der Waals surface area contributed by atoms with Gasteiger partial charge in [-0.25, -0.2) is 0 Å². The van der Waals surface area contributed by atoms with Crippen molar-refractivity contribution in [2.75, 3.05) is 20.3 Å². The van der Waals surface area contributed by atoms with Gasteiger partial charge in [0.1, 0.15) is 12.4 Å². The lowest BCUT2D eigenvalue weighted by Gasteiger charge is -2.32. The Bertz CT molecular complexity index is 526. The molecule has 1 heterocycles. The second kappa shape index (κ2) is 6.30. The molecule has 0 aromatic heterocycles. The average Bonchev–Trinajstić information content (AvgIpc) is 2.76. The van der Waals surface area contributed by atoms with Crippen molar-refractivity contribution in [1.29, 1.82) is 0 Å². The monoisotopic (exact) mass is 273 g/mol. The molecule has 20 heavy (non-hydrogen) atoms. The van der Waals surface area contributed by atoms with Crippen molar-refractivity contribution in [1.82, 2.24) is 4.90 Å². The van der Waals surface area contributed by atoms with Crippen molar-refractivity contribution in [3.8, 4) is 17.6 Å². The lowest BCUT2D eigenvalue weighted by atomic mass is 10.0. The summed E-state index contributed by atoms with van der Waals surface area (Å²) in [5, 5.41) is 8.88. The maximum atomic E-state index is 8.88. The lowest BCUT2D eigenvalue weighted by Crippen LogP contribution is -2.37. The average molecular weight is 273 g/mol. The summed E-state index contributed by atoms with van der Waals surface area (Å²) in [4.78, 5) is 2.49. The van der Waals surface area contributed by atoms with E-state index in [1.54, 1.807) is 7.11 Å². The SMILES string of the molecule is COc1ccc(C#CCO)c(CN2CCCC2(C)C)c1. The second-order valence-corrected chi connectivity index (χ2v) is 5.82. The molecule has 3 heteroatoms. The van der Waals surface area contributed by atoms with Crippen molar-refractivity contribution >= 4 is 0 Å². The number of aliphatic hydroxyl groups excluding tert-OH is 1. The Balaban J connectivity index is 2.28. The predicted molar refractivity (Wildman–Crippen MR) is 80.7 cm³/mol. The number of nitrogens with zero attached hydrogens (tertiary/aromatic N) is 1. The van der Waals surface area contributed by atoms with Gasteiger partial charge in [0.2, 0.25) is 0 Å². The number of hydrogen-bond donors (Lipinski definition) is 1. The molecule has 0 unspecified atom stereocenters. The number of methoxy groups -OCH3 is 1. The zero-order chi connectivity index (χ0) is 14.6. The largest absolute Gasteiger partial charge is 0.497 e. The van der Waals surface area contributed by atoms with Crippen LogP contribution in [0.25, 0.3) is 0 Å². The molecule has 1 fully saturated rings. The zero-order valence-electron chi connectivity index (χ0n) is 12.6. The first-order valence-electron chi connectivity index (χ1n) is 7.08. The number of rotatable bonds is 3. The van der Waals surface area contributed by atoms with Crippen LogP contribution < -0.4 is 4.74 Å². The molecule has 0 radical (unpaired) electrons. The van der Waals surface area contributed by atoms with Gasteiger partial charge in [0.15, 0.2) is 0 Å². The third-order valence-electron chi connectivity index (χ3n) is 4.05. The van der Waals surface area contributed by atoms with Gasteiger partial charge < -0.3 is 9.84 Å². The molecule has 1 aromatic carbocycles. The topological polar surface area (TPSA) is 32.7 Å². The quantitative estimate of drug-likeness (QED) is 0.859. The third-order valence-corrected chi connectivity index (χ3v) is 4.05. The van der Waals surface area contributed by atoms with Crippen molar-refractivity contribution in [2.45, 2.75) is 38.8 Å². The first kappa shape index (κ1) is 14.9. The highest BCUT2D eigenvalue weighted by Crippen LogP contribution is 2.31. The number of likely N-dealkylation sites (tertiary alicyclic amines) is 1. The maximum absolute atomic E-state index is 8.88. The highest BCUT2D eigenvalue weighted by molar-refractivity contribution is 5.45. The summed E-state index contributed by atoms with van der Waals surface area (Å²) < 4.78 is 5.31. The third kappa shape index (κ3) is 3.33. The fourth-order valence-corrected chi connectivity index (χ4v) is 2.75. The summed E-state index contributed by atoms with van der Waals surface area (Å²) in [5.74, 6) is 6.62. The summed E-state index contributed by atoms with van der Waals surface area (Å²) in [5.41, 5.74) is 2.38. The van der Waals surface area contributed by atoms with Crippen LogP contribution in [-0.2, 0) is 6.54 Å². The standard InChI is InChI=1S/C17H23NO2/c1-17(2)9-5-10-18(17)13-15-12-16(20-3)8-7-14(15)6-4-11-19/h7-8,12,19H,5,9-11,13H2,1-3H3. The van der Waals surface area contributed by atoms with Crippen LogP contribution in [0.3, 0.4) is 0 Å². The van der Waals surface area contributed by atoms with Crippen molar-refractivity contribution < 1.29 is 9.84 Å². The van der Waals surface area contributed by atoms with Crippen molar-refractivity contribution in [2.24, 2.45) is 0 Å². The molecule has 1 saturated heterocycles. The van der Waals surface area contributed by atoms with Crippen LogP contribution in [0.1, 0.15) is 37.8 Å². The minimum atomic E-state index is -0.110. The molecular formula is C17H23NO2. The molecule has 1 aliphatic rings. The highest BCUT2D eigenvalue weighted by Gasteiger charge is 2.31. The molecule has 2 rings (SSSR count). The Morgan fingerprint density at radius 2 is 2.20 bits per heavy atom. The van der Waals surface area contributed by atoms with Gasteiger partial charge in [-0.3, -0.25) is 4.90 Å². The van der Waals surface area contributed by atoms with E-state index < -0.39 is 0 Å². The van der Waals surface area contributed by atoms with E-state index >= 15 is 0 Å². The normalized spacial score (nSPS) is 17.6. The van der Waals surface area contributed by atoms with E-state index in [1.807, 2.05) is 12.1 Å². The lowest BCUT2D eigenvalue weighted by molar-refractivity contribution is 0.166. The number of ether oxygens (including phenoxy) is 1.